The van der Waals surface area contributed by atoms with Gasteiger partial charge in [-0.2, -0.15) is 0 Å². The van der Waals surface area contributed by atoms with Gasteiger partial charge >= 0.3 is 5.97 Å². The van der Waals surface area contributed by atoms with Crippen molar-refractivity contribution in [2.24, 2.45) is 0 Å². The molecule has 1 aromatic rings. The van der Waals surface area contributed by atoms with Gasteiger partial charge in [-0.25, -0.2) is 14.2 Å². The topological polar surface area (TPSA) is 39.2 Å². The second-order valence-corrected chi connectivity index (χ2v) is 3.00. The highest BCUT2D eigenvalue weighted by Crippen LogP contribution is 2.16. The lowest BCUT2D eigenvalue weighted by Crippen LogP contribution is -2.03. The summed E-state index contributed by atoms with van der Waals surface area (Å²) in [7, 11) is 1.24. The largest absolute Gasteiger partial charge is 0.465 e. The molecule has 0 N–H and O–H groups in total. The lowest BCUT2D eigenvalue weighted by atomic mass is 10.3. The SMILES string of the molecule is COC(=O)c1cnc(SC)c(F)c1. The molecule has 0 bridgehead atoms. The molecule has 0 amide bonds. The number of pyridine rings is 1. The van der Waals surface area contributed by atoms with E-state index in [2.05, 4.69) is 9.72 Å². The monoisotopic (exact) mass is 201 g/mol. The molecule has 0 aliphatic rings. The quantitative estimate of drug-likeness (QED) is 0.539. The van der Waals surface area contributed by atoms with Crippen molar-refractivity contribution < 1.29 is 13.9 Å². The van der Waals surface area contributed by atoms with Crippen LogP contribution in [-0.4, -0.2) is 24.3 Å². The van der Waals surface area contributed by atoms with E-state index < -0.39 is 11.8 Å². The zero-order valence-corrected chi connectivity index (χ0v) is 8.02. The Labute approximate surface area is 79.3 Å². The zero-order valence-electron chi connectivity index (χ0n) is 7.20. The van der Waals surface area contributed by atoms with E-state index in [-0.39, 0.29) is 10.6 Å². The van der Waals surface area contributed by atoms with Crippen molar-refractivity contribution in [1.29, 1.82) is 0 Å². The molecule has 0 spiro atoms. The number of aromatic nitrogens is 1. The maximum atomic E-state index is 13.1. The van der Waals surface area contributed by atoms with Gasteiger partial charge in [0.15, 0.2) is 5.82 Å². The normalized spacial score (nSPS) is 9.77. The van der Waals surface area contributed by atoms with Crippen LogP contribution in [0.3, 0.4) is 0 Å². The second kappa shape index (κ2) is 4.23. The first-order valence-electron chi connectivity index (χ1n) is 3.47. The maximum absolute atomic E-state index is 13.1. The van der Waals surface area contributed by atoms with Crippen LogP contribution in [0.1, 0.15) is 10.4 Å². The standard InChI is InChI=1S/C8H8FNO2S/c1-12-8(11)5-3-6(9)7(13-2)10-4-5/h3-4H,1-2H3. The molecule has 1 aromatic heterocycles. The van der Waals surface area contributed by atoms with Crippen LogP contribution in [0.2, 0.25) is 0 Å². The number of hydrogen-bond acceptors (Lipinski definition) is 4. The van der Waals surface area contributed by atoms with Gasteiger partial charge in [-0.1, -0.05) is 0 Å². The van der Waals surface area contributed by atoms with Crippen LogP contribution in [0, 0.1) is 5.82 Å². The number of halogens is 1. The third-order valence-electron chi connectivity index (χ3n) is 1.42. The summed E-state index contributed by atoms with van der Waals surface area (Å²) in [5.41, 5.74) is 0.123. The van der Waals surface area contributed by atoms with Crippen molar-refractivity contribution in [3.63, 3.8) is 0 Å². The predicted octanol–water partition coefficient (Wildman–Crippen LogP) is 1.73. The average molecular weight is 201 g/mol. The minimum absolute atomic E-state index is 0.123. The fourth-order valence-corrected chi connectivity index (χ4v) is 1.22. The molecule has 13 heavy (non-hydrogen) atoms. The highest BCUT2D eigenvalue weighted by molar-refractivity contribution is 7.98. The molecule has 0 unspecified atom stereocenters. The first kappa shape index (κ1) is 9.98. The summed E-state index contributed by atoms with van der Waals surface area (Å²) in [5, 5.41) is 0.271. The van der Waals surface area contributed by atoms with Crippen molar-refractivity contribution >= 4 is 17.7 Å². The number of ether oxygens (including phenoxy) is 1. The number of nitrogens with zero attached hydrogens (tertiary/aromatic N) is 1. The van der Waals surface area contributed by atoms with Gasteiger partial charge in [0.2, 0.25) is 0 Å². The van der Waals surface area contributed by atoms with Crippen LogP contribution in [0.4, 0.5) is 4.39 Å². The number of rotatable bonds is 2. The summed E-state index contributed by atoms with van der Waals surface area (Å²) in [6.45, 7) is 0. The summed E-state index contributed by atoms with van der Waals surface area (Å²) in [5.74, 6) is -1.09. The summed E-state index contributed by atoms with van der Waals surface area (Å²) in [4.78, 5) is 14.7. The van der Waals surface area contributed by atoms with Crippen LogP contribution in [0.15, 0.2) is 17.3 Å². The number of carbonyl (C=O) groups excluding carboxylic acids is 1. The Kier molecular flexibility index (Phi) is 3.25. The first-order valence-corrected chi connectivity index (χ1v) is 4.69. The molecule has 3 nitrogen and oxygen atoms in total. The summed E-state index contributed by atoms with van der Waals surface area (Å²) < 4.78 is 17.5. The fourth-order valence-electron chi connectivity index (χ4n) is 0.805. The van der Waals surface area contributed by atoms with Gasteiger partial charge in [0, 0.05) is 6.20 Å². The molecule has 0 fully saturated rings. The lowest BCUT2D eigenvalue weighted by Gasteiger charge is -2.00. The van der Waals surface area contributed by atoms with Gasteiger partial charge in [-0.05, 0) is 12.3 Å². The van der Waals surface area contributed by atoms with Gasteiger partial charge < -0.3 is 4.74 Å². The molecular weight excluding hydrogens is 193 g/mol. The molecule has 0 saturated heterocycles. The Morgan fingerprint density at radius 3 is 2.85 bits per heavy atom. The molecule has 0 atom stereocenters. The summed E-state index contributed by atoms with van der Waals surface area (Å²) in [6.07, 6.45) is 3.00. The molecule has 5 heteroatoms. The predicted molar refractivity (Wildman–Crippen MR) is 47.3 cm³/mol. The number of thioether (sulfide) groups is 1. The van der Waals surface area contributed by atoms with Crippen LogP contribution in [0.5, 0.6) is 0 Å². The molecule has 1 heterocycles. The Morgan fingerprint density at radius 2 is 2.38 bits per heavy atom. The van der Waals surface area contributed by atoms with Crippen LogP contribution >= 0.6 is 11.8 Å². The highest BCUT2D eigenvalue weighted by Gasteiger charge is 2.09. The fraction of sp³-hybridized carbons (Fsp3) is 0.250. The van der Waals surface area contributed by atoms with Crippen molar-refractivity contribution in [3.8, 4) is 0 Å². The first-order chi connectivity index (χ1) is 6.19. The smallest absolute Gasteiger partial charge is 0.339 e. The number of carbonyl (C=O) groups is 1. The molecule has 70 valence electrons. The lowest BCUT2D eigenvalue weighted by molar-refractivity contribution is 0.0599. The van der Waals surface area contributed by atoms with Crippen LogP contribution < -0.4 is 0 Å². The number of esters is 1. The van der Waals surface area contributed by atoms with E-state index in [1.165, 1.54) is 25.1 Å². The molecule has 0 saturated carbocycles. The van der Waals surface area contributed by atoms with Gasteiger partial charge in [-0.15, -0.1) is 11.8 Å². The van der Waals surface area contributed by atoms with Gasteiger partial charge in [0.1, 0.15) is 5.03 Å². The minimum atomic E-state index is -0.584. The Hall–Kier alpha value is -1.10. The van der Waals surface area contributed by atoms with E-state index in [1.807, 2.05) is 0 Å². The Morgan fingerprint density at radius 1 is 1.69 bits per heavy atom. The highest BCUT2D eigenvalue weighted by atomic mass is 32.2. The van der Waals surface area contributed by atoms with E-state index in [4.69, 9.17) is 0 Å². The van der Waals surface area contributed by atoms with Gasteiger partial charge in [0.05, 0.1) is 12.7 Å². The molecule has 0 aliphatic carbocycles. The van der Waals surface area contributed by atoms with E-state index in [9.17, 15) is 9.18 Å². The molecule has 0 radical (unpaired) electrons. The molecule has 1 rings (SSSR count). The van der Waals surface area contributed by atoms with E-state index in [0.29, 0.717) is 0 Å². The molecule has 0 aromatic carbocycles. The van der Waals surface area contributed by atoms with Crippen molar-refractivity contribution in [1.82, 2.24) is 4.98 Å². The Balaban J connectivity index is 3.02. The van der Waals surface area contributed by atoms with Crippen LogP contribution in [-0.2, 0) is 4.74 Å². The number of methoxy groups -OCH3 is 1. The number of hydrogen-bond donors (Lipinski definition) is 0. The average Bonchev–Trinajstić information content (AvgIpc) is 2.16. The summed E-state index contributed by atoms with van der Waals surface area (Å²) >= 11 is 1.19. The van der Waals surface area contributed by atoms with Crippen molar-refractivity contribution in [2.75, 3.05) is 13.4 Å². The zero-order chi connectivity index (χ0) is 9.84. The van der Waals surface area contributed by atoms with Crippen molar-refractivity contribution in [3.05, 3.63) is 23.6 Å². The minimum Gasteiger partial charge on any atom is -0.465 e. The van der Waals surface area contributed by atoms with E-state index in [0.717, 1.165) is 6.07 Å². The van der Waals surface area contributed by atoms with Gasteiger partial charge in [0.25, 0.3) is 0 Å². The summed E-state index contributed by atoms with van der Waals surface area (Å²) in [6, 6.07) is 1.12. The Bertz CT molecular complexity index is 330. The van der Waals surface area contributed by atoms with E-state index in [1.54, 1.807) is 6.26 Å². The van der Waals surface area contributed by atoms with E-state index >= 15 is 0 Å². The third-order valence-corrected chi connectivity index (χ3v) is 2.11. The van der Waals surface area contributed by atoms with Crippen LogP contribution in [0.25, 0.3) is 0 Å². The molecule has 0 aliphatic heterocycles. The third kappa shape index (κ3) is 2.18. The van der Waals surface area contributed by atoms with Gasteiger partial charge in [-0.3, -0.25) is 0 Å². The maximum Gasteiger partial charge on any atom is 0.339 e. The van der Waals surface area contributed by atoms with Crippen molar-refractivity contribution in [2.45, 2.75) is 5.03 Å². The second-order valence-electron chi connectivity index (χ2n) is 2.21. The molecular formula is C8H8FNO2S.